The average Bonchev–Trinajstić information content (AvgIpc) is 2.77. The Morgan fingerprint density at radius 3 is 2.03 bits per heavy atom. The quantitative estimate of drug-likeness (QED) is 0.653. The average molecular weight is 413 g/mol. The first-order valence-corrected chi connectivity index (χ1v) is 9.68. The lowest BCUT2D eigenvalue weighted by Crippen LogP contribution is -2.30. The lowest BCUT2D eigenvalue weighted by Gasteiger charge is -2.19. The second-order valence-corrected chi connectivity index (χ2v) is 6.88. The van der Waals surface area contributed by atoms with Gasteiger partial charge in [0.25, 0.3) is 5.91 Å². The predicted octanol–water partition coefficient (Wildman–Crippen LogP) is 4.18. The molecule has 1 N–H and O–H groups in total. The number of para-hydroxylation sites is 1. The van der Waals surface area contributed by atoms with E-state index in [1.165, 1.54) is 32.4 Å². The van der Waals surface area contributed by atoms with E-state index in [-0.39, 0.29) is 28.7 Å². The number of carbonyl (C=O) groups excluding carboxylic acids is 3. The van der Waals surface area contributed by atoms with E-state index in [1.54, 1.807) is 6.92 Å². The van der Waals surface area contributed by atoms with Crippen LogP contribution < -0.4 is 10.1 Å². The van der Waals surface area contributed by atoms with Crippen molar-refractivity contribution in [3.63, 3.8) is 0 Å². The summed E-state index contributed by atoms with van der Waals surface area (Å²) in [6, 6.07) is 11.8. The fourth-order valence-corrected chi connectivity index (χ4v) is 2.89. The maximum Gasteiger partial charge on any atom is 0.338 e. The first-order valence-electron chi connectivity index (χ1n) is 9.68. The molecule has 0 saturated heterocycles. The van der Waals surface area contributed by atoms with Gasteiger partial charge in [0.2, 0.25) is 0 Å². The number of ether oxygens (including phenoxy) is 3. The molecule has 0 bridgehead atoms. The van der Waals surface area contributed by atoms with Crippen molar-refractivity contribution in [3.05, 3.63) is 59.2 Å². The number of benzene rings is 2. The number of carbonyl (C=O) groups is 3. The van der Waals surface area contributed by atoms with Gasteiger partial charge in [-0.1, -0.05) is 32.0 Å². The van der Waals surface area contributed by atoms with Crippen molar-refractivity contribution in [2.24, 2.45) is 0 Å². The molecule has 2 atom stereocenters. The molecule has 0 fully saturated rings. The highest BCUT2D eigenvalue weighted by atomic mass is 16.5. The minimum absolute atomic E-state index is 0.116. The zero-order chi connectivity index (χ0) is 22.3. The van der Waals surface area contributed by atoms with Crippen molar-refractivity contribution in [1.82, 2.24) is 0 Å². The lowest BCUT2D eigenvalue weighted by molar-refractivity contribution is -0.122. The molecule has 7 heteroatoms. The molecule has 0 unspecified atom stereocenters. The predicted molar refractivity (Wildman–Crippen MR) is 113 cm³/mol. The van der Waals surface area contributed by atoms with Crippen LogP contribution in [-0.2, 0) is 14.3 Å². The second kappa shape index (κ2) is 10.4. The van der Waals surface area contributed by atoms with Crippen LogP contribution in [0.25, 0.3) is 0 Å². The van der Waals surface area contributed by atoms with Crippen LogP contribution in [0.5, 0.6) is 5.75 Å². The normalized spacial score (nSPS) is 12.4. The Morgan fingerprint density at radius 1 is 0.933 bits per heavy atom. The lowest BCUT2D eigenvalue weighted by atomic mass is 9.97. The molecule has 0 aliphatic heterocycles. The molecule has 30 heavy (non-hydrogen) atoms. The number of methoxy groups -OCH3 is 2. The largest absolute Gasteiger partial charge is 0.481 e. The van der Waals surface area contributed by atoms with Gasteiger partial charge in [-0.15, -0.1) is 0 Å². The zero-order valence-corrected chi connectivity index (χ0v) is 17.9. The van der Waals surface area contributed by atoms with E-state index < -0.39 is 18.0 Å². The minimum atomic E-state index is -0.881. The van der Waals surface area contributed by atoms with Gasteiger partial charge in [0.1, 0.15) is 5.75 Å². The van der Waals surface area contributed by atoms with E-state index in [4.69, 9.17) is 14.2 Å². The standard InChI is InChI=1S/C23H27NO6/c1-6-14(2)19-9-7-8-10-20(19)24-21(25)15(3)30-18-12-16(22(26)28-4)11-17(13-18)23(27)29-5/h7-15H,6H2,1-5H3,(H,24,25)/t14-,15-/m0/s1. The highest BCUT2D eigenvalue weighted by Gasteiger charge is 2.20. The molecule has 0 aliphatic carbocycles. The Bertz CT molecular complexity index is 889. The molecule has 0 aromatic heterocycles. The Morgan fingerprint density at radius 2 is 1.50 bits per heavy atom. The number of hydrogen-bond donors (Lipinski definition) is 1. The smallest absolute Gasteiger partial charge is 0.338 e. The van der Waals surface area contributed by atoms with Crippen molar-refractivity contribution in [2.45, 2.75) is 39.2 Å². The first kappa shape index (κ1) is 22.9. The number of nitrogens with one attached hydrogen (secondary N) is 1. The van der Waals surface area contributed by atoms with Crippen LogP contribution in [0.4, 0.5) is 5.69 Å². The molecule has 0 aliphatic rings. The van der Waals surface area contributed by atoms with Gasteiger partial charge in [-0.05, 0) is 49.1 Å². The first-order chi connectivity index (χ1) is 14.3. The molecule has 2 rings (SSSR count). The maximum absolute atomic E-state index is 12.7. The van der Waals surface area contributed by atoms with Gasteiger partial charge in [-0.3, -0.25) is 4.79 Å². The summed E-state index contributed by atoms with van der Waals surface area (Å²) in [5, 5.41) is 2.90. The number of amides is 1. The van der Waals surface area contributed by atoms with Crippen LogP contribution in [0.15, 0.2) is 42.5 Å². The summed E-state index contributed by atoms with van der Waals surface area (Å²) in [7, 11) is 2.47. The summed E-state index contributed by atoms with van der Waals surface area (Å²) >= 11 is 0. The van der Waals surface area contributed by atoms with Gasteiger partial charge in [0.05, 0.1) is 25.3 Å². The van der Waals surface area contributed by atoms with Gasteiger partial charge in [0.15, 0.2) is 6.10 Å². The number of anilines is 1. The molecule has 0 spiro atoms. The van der Waals surface area contributed by atoms with Crippen LogP contribution in [0, 0.1) is 0 Å². The van der Waals surface area contributed by atoms with Crippen LogP contribution in [-0.4, -0.2) is 38.2 Å². The van der Waals surface area contributed by atoms with E-state index in [2.05, 4.69) is 19.2 Å². The topological polar surface area (TPSA) is 90.9 Å². The Balaban J connectivity index is 2.23. The maximum atomic E-state index is 12.7. The zero-order valence-electron chi connectivity index (χ0n) is 17.9. The molecule has 0 radical (unpaired) electrons. The van der Waals surface area contributed by atoms with Gasteiger partial charge in [-0.25, -0.2) is 9.59 Å². The number of rotatable bonds is 8. The van der Waals surface area contributed by atoms with E-state index in [0.717, 1.165) is 17.7 Å². The third-order valence-corrected chi connectivity index (χ3v) is 4.79. The van der Waals surface area contributed by atoms with Crippen LogP contribution in [0.2, 0.25) is 0 Å². The minimum Gasteiger partial charge on any atom is -0.481 e. The van der Waals surface area contributed by atoms with Crippen LogP contribution >= 0.6 is 0 Å². The molecule has 1 amide bonds. The molecule has 0 heterocycles. The summed E-state index contributed by atoms with van der Waals surface area (Å²) in [4.78, 5) is 36.5. The fraction of sp³-hybridized carbons (Fsp3) is 0.348. The summed E-state index contributed by atoms with van der Waals surface area (Å²) in [6.07, 6.45) is 0.0589. The van der Waals surface area contributed by atoms with Crippen LogP contribution in [0.3, 0.4) is 0 Å². The molecule has 2 aromatic rings. The monoisotopic (exact) mass is 413 g/mol. The van der Waals surface area contributed by atoms with Crippen LogP contribution in [0.1, 0.15) is 59.4 Å². The van der Waals surface area contributed by atoms with Gasteiger partial charge in [0, 0.05) is 5.69 Å². The number of hydrogen-bond acceptors (Lipinski definition) is 6. The third-order valence-electron chi connectivity index (χ3n) is 4.79. The summed E-state index contributed by atoms with van der Waals surface area (Å²) in [5.74, 6) is -1.16. The fourth-order valence-electron chi connectivity index (χ4n) is 2.89. The van der Waals surface area contributed by atoms with Crippen molar-refractivity contribution < 1.29 is 28.6 Å². The van der Waals surface area contributed by atoms with Crippen molar-refractivity contribution >= 4 is 23.5 Å². The van der Waals surface area contributed by atoms with Gasteiger partial charge >= 0.3 is 11.9 Å². The molecule has 160 valence electrons. The molecule has 0 saturated carbocycles. The Labute approximate surface area is 176 Å². The van der Waals surface area contributed by atoms with Crippen molar-refractivity contribution in [3.8, 4) is 5.75 Å². The molecular formula is C23H27NO6. The molecule has 7 nitrogen and oxygen atoms in total. The summed E-state index contributed by atoms with van der Waals surface area (Å²) < 4.78 is 15.1. The summed E-state index contributed by atoms with van der Waals surface area (Å²) in [6.45, 7) is 5.77. The van der Waals surface area contributed by atoms with E-state index in [1.807, 2.05) is 24.3 Å². The third kappa shape index (κ3) is 5.59. The summed E-state index contributed by atoms with van der Waals surface area (Å²) in [5.41, 5.74) is 2.00. The van der Waals surface area contributed by atoms with Crippen molar-refractivity contribution in [1.29, 1.82) is 0 Å². The highest BCUT2D eigenvalue weighted by molar-refractivity contribution is 5.97. The van der Waals surface area contributed by atoms with Gasteiger partial charge in [-0.2, -0.15) is 0 Å². The van der Waals surface area contributed by atoms with E-state index in [9.17, 15) is 14.4 Å². The number of esters is 2. The highest BCUT2D eigenvalue weighted by Crippen LogP contribution is 2.27. The van der Waals surface area contributed by atoms with Gasteiger partial charge < -0.3 is 19.5 Å². The molecular weight excluding hydrogens is 386 g/mol. The second-order valence-electron chi connectivity index (χ2n) is 6.88. The van der Waals surface area contributed by atoms with E-state index in [0.29, 0.717) is 0 Å². The Kier molecular flexibility index (Phi) is 7.98. The van der Waals surface area contributed by atoms with E-state index >= 15 is 0 Å². The molecule has 2 aromatic carbocycles. The van der Waals surface area contributed by atoms with Crippen molar-refractivity contribution in [2.75, 3.05) is 19.5 Å². The SMILES string of the molecule is CC[C@H](C)c1ccccc1NC(=O)[C@H](C)Oc1cc(C(=O)OC)cc(C(=O)OC)c1. The Hall–Kier alpha value is -3.35.